The van der Waals surface area contributed by atoms with Gasteiger partial charge in [-0.15, -0.1) is 0 Å². The predicted molar refractivity (Wildman–Crippen MR) is 133 cm³/mol. The van der Waals surface area contributed by atoms with E-state index in [0.717, 1.165) is 17.4 Å². The number of hydrogen-bond donors (Lipinski definition) is 1. The molecular weight excluding hydrogens is 462 g/mol. The highest BCUT2D eigenvalue weighted by molar-refractivity contribution is 7.92. The molecule has 0 saturated carbocycles. The average molecular weight is 494 g/mol. The average Bonchev–Trinajstić information content (AvgIpc) is 2.77. The largest absolute Gasteiger partial charge is 0.357 e. The fraction of sp³-hybridized carbons (Fsp3) is 0.417. The van der Waals surface area contributed by atoms with E-state index < -0.39 is 16.1 Å². The van der Waals surface area contributed by atoms with Gasteiger partial charge in [-0.3, -0.25) is 13.9 Å². The molecule has 2 amide bonds. The van der Waals surface area contributed by atoms with Gasteiger partial charge in [-0.2, -0.15) is 0 Å². The van der Waals surface area contributed by atoms with Gasteiger partial charge in [0.15, 0.2) is 0 Å². The Hall–Kier alpha value is -2.58. The van der Waals surface area contributed by atoms with E-state index in [0.29, 0.717) is 30.1 Å². The number of nitrogens with zero attached hydrogens (tertiary/aromatic N) is 2. The SMILES string of the molecule is CC[C@H](C(=O)NC)N(Cc1ccc(C)cc1)C(=O)CCCN(c1ccc(Cl)cc1)S(C)(=O)=O. The molecule has 0 unspecified atom stereocenters. The molecule has 0 aliphatic heterocycles. The fourth-order valence-electron chi connectivity index (χ4n) is 3.59. The van der Waals surface area contributed by atoms with E-state index in [1.165, 1.54) is 4.31 Å². The van der Waals surface area contributed by atoms with Gasteiger partial charge in [0.1, 0.15) is 6.04 Å². The Labute approximate surface area is 201 Å². The molecular formula is C24H32ClN3O4S. The van der Waals surface area contributed by atoms with Gasteiger partial charge in [0.25, 0.3) is 0 Å². The molecule has 0 fully saturated rings. The smallest absolute Gasteiger partial charge is 0.242 e. The van der Waals surface area contributed by atoms with Gasteiger partial charge >= 0.3 is 0 Å². The summed E-state index contributed by atoms with van der Waals surface area (Å²) in [6.07, 6.45) is 2.02. The molecule has 0 saturated heterocycles. The number of halogens is 1. The lowest BCUT2D eigenvalue weighted by molar-refractivity contribution is -0.141. The first-order valence-electron chi connectivity index (χ1n) is 10.9. The van der Waals surface area contributed by atoms with Gasteiger partial charge in [-0.05, 0) is 49.6 Å². The van der Waals surface area contributed by atoms with Crippen LogP contribution >= 0.6 is 11.6 Å². The summed E-state index contributed by atoms with van der Waals surface area (Å²) in [5.74, 6) is -0.424. The van der Waals surface area contributed by atoms with Crippen LogP contribution in [0.3, 0.4) is 0 Å². The minimum Gasteiger partial charge on any atom is -0.357 e. The molecule has 1 N–H and O–H groups in total. The zero-order valence-corrected chi connectivity index (χ0v) is 21.1. The Morgan fingerprint density at radius 2 is 1.67 bits per heavy atom. The van der Waals surface area contributed by atoms with Crippen LogP contribution in [-0.4, -0.2) is 51.0 Å². The zero-order valence-electron chi connectivity index (χ0n) is 19.5. The van der Waals surface area contributed by atoms with E-state index in [4.69, 9.17) is 11.6 Å². The topological polar surface area (TPSA) is 86.8 Å². The number of nitrogens with one attached hydrogen (secondary N) is 1. The Morgan fingerprint density at radius 3 is 2.18 bits per heavy atom. The van der Waals surface area contributed by atoms with Crippen molar-refractivity contribution in [3.8, 4) is 0 Å². The van der Waals surface area contributed by atoms with E-state index in [-0.39, 0.29) is 24.8 Å². The first kappa shape index (κ1) is 26.7. The molecule has 0 radical (unpaired) electrons. The van der Waals surface area contributed by atoms with Crippen molar-refractivity contribution >= 4 is 39.1 Å². The van der Waals surface area contributed by atoms with Crippen LogP contribution in [-0.2, 0) is 26.2 Å². The third-order valence-electron chi connectivity index (χ3n) is 5.37. The van der Waals surface area contributed by atoms with Gasteiger partial charge in [0, 0.05) is 31.6 Å². The first-order valence-corrected chi connectivity index (χ1v) is 13.1. The Balaban J connectivity index is 2.17. The van der Waals surface area contributed by atoms with Gasteiger partial charge in [-0.25, -0.2) is 8.42 Å². The van der Waals surface area contributed by atoms with Crippen molar-refractivity contribution in [3.05, 3.63) is 64.7 Å². The summed E-state index contributed by atoms with van der Waals surface area (Å²) >= 11 is 5.92. The molecule has 180 valence electrons. The lowest BCUT2D eigenvalue weighted by Gasteiger charge is -2.31. The quantitative estimate of drug-likeness (QED) is 0.516. The number of carbonyl (C=O) groups is 2. The normalized spacial score (nSPS) is 12.2. The second-order valence-corrected chi connectivity index (χ2v) is 10.3. The molecule has 0 aliphatic carbocycles. The second-order valence-electron chi connectivity index (χ2n) is 7.96. The molecule has 9 heteroatoms. The second kappa shape index (κ2) is 12.0. The van der Waals surface area contributed by atoms with Crippen molar-refractivity contribution in [2.45, 2.75) is 45.7 Å². The Bertz CT molecular complexity index is 1040. The minimum absolute atomic E-state index is 0.110. The van der Waals surface area contributed by atoms with E-state index in [1.54, 1.807) is 36.2 Å². The fourth-order valence-corrected chi connectivity index (χ4v) is 4.68. The van der Waals surface area contributed by atoms with Crippen LogP contribution in [0, 0.1) is 6.92 Å². The van der Waals surface area contributed by atoms with Crippen LogP contribution in [0.5, 0.6) is 0 Å². The van der Waals surface area contributed by atoms with Gasteiger partial charge in [0.05, 0.1) is 11.9 Å². The van der Waals surface area contributed by atoms with Crippen molar-refractivity contribution in [1.29, 1.82) is 0 Å². The summed E-state index contributed by atoms with van der Waals surface area (Å²) in [6, 6.07) is 13.7. The van der Waals surface area contributed by atoms with Crippen LogP contribution in [0.1, 0.15) is 37.3 Å². The third-order valence-corrected chi connectivity index (χ3v) is 6.82. The van der Waals surface area contributed by atoms with Gasteiger partial charge < -0.3 is 10.2 Å². The van der Waals surface area contributed by atoms with Gasteiger partial charge in [0.2, 0.25) is 21.8 Å². The van der Waals surface area contributed by atoms with Crippen LogP contribution < -0.4 is 9.62 Å². The maximum atomic E-state index is 13.2. The number of aryl methyl sites for hydroxylation is 1. The summed E-state index contributed by atoms with van der Waals surface area (Å²) in [7, 11) is -1.99. The van der Waals surface area contributed by atoms with Crippen LogP contribution in [0.15, 0.2) is 48.5 Å². The number of sulfonamides is 1. The summed E-state index contributed by atoms with van der Waals surface area (Å²) < 4.78 is 25.9. The molecule has 7 nitrogen and oxygen atoms in total. The van der Waals surface area contributed by atoms with Crippen molar-refractivity contribution in [1.82, 2.24) is 10.2 Å². The maximum absolute atomic E-state index is 13.2. The number of likely N-dealkylation sites (N-methyl/N-ethyl adjacent to an activating group) is 1. The lowest BCUT2D eigenvalue weighted by atomic mass is 10.1. The van der Waals surface area contributed by atoms with E-state index in [2.05, 4.69) is 5.32 Å². The van der Waals surface area contributed by atoms with E-state index in [1.807, 2.05) is 38.1 Å². The molecule has 2 aromatic rings. The molecule has 2 aromatic carbocycles. The first-order chi connectivity index (χ1) is 15.6. The summed E-state index contributed by atoms with van der Waals surface area (Å²) in [5.41, 5.74) is 2.52. The number of benzene rings is 2. The highest BCUT2D eigenvalue weighted by atomic mass is 35.5. The van der Waals surface area contributed by atoms with Crippen LogP contribution in [0.2, 0.25) is 5.02 Å². The van der Waals surface area contributed by atoms with Crippen molar-refractivity contribution in [2.75, 3.05) is 24.2 Å². The molecule has 1 atom stereocenters. The van der Waals surface area contributed by atoms with Crippen LogP contribution in [0.4, 0.5) is 5.69 Å². The van der Waals surface area contributed by atoms with Crippen molar-refractivity contribution in [2.24, 2.45) is 0 Å². The molecule has 0 aliphatic rings. The number of carbonyl (C=O) groups excluding carboxylic acids is 2. The van der Waals surface area contributed by atoms with E-state index >= 15 is 0 Å². The predicted octanol–water partition coefficient (Wildman–Crippen LogP) is 3.75. The minimum atomic E-state index is -3.54. The number of amides is 2. The van der Waals surface area contributed by atoms with Crippen LogP contribution in [0.25, 0.3) is 0 Å². The summed E-state index contributed by atoms with van der Waals surface area (Å²) in [4.78, 5) is 27.2. The lowest BCUT2D eigenvalue weighted by Crippen LogP contribution is -2.48. The molecule has 0 bridgehead atoms. The zero-order chi connectivity index (χ0) is 24.6. The Morgan fingerprint density at radius 1 is 1.06 bits per heavy atom. The molecule has 33 heavy (non-hydrogen) atoms. The van der Waals surface area contributed by atoms with Crippen molar-refractivity contribution in [3.63, 3.8) is 0 Å². The molecule has 0 spiro atoms. The molecule has 2 rings (SSSR count). The molecule has 0 heterocycles. The van der Waals surface area contributed by atoms with Crippen molar-refractivity contribution < 1.29 is 18.0 Å². The highest BCUT2D eigenvalue weighted by Crippen LogP contribution is 2.22. The maximum Gasteiger partial charge on any atom is 0.242 e. The Kier molecular flexibility index (Phi) is 9.73. The third kappa shape index (κ3) is 7.75. The monoisotopic (exact) mass is 493 g/mol. The molecule has 0 aromatic heterocycles. The van der Waals surface area contributed by atoms with E-state index in [9.17, 15) is 18.0 Å². The highest BCUT2D eigenvalue weighted by Gasteiger charge is 2.28. The van der Waals surface area contributed by atoms with Gasteiger partial charge in [-0.1, -0.05) is 48.4 Å². The standard InChI is InChI=1S/C24H32ClN3O4S/c1-5-22(24(30)26-3)27(17-19-10-8-18(2)9-11-19)23(29)7-6-16-28(33(4,31)32)21-14-12-20(25)13-15-21/h8-15,22H,5-7,16-17H2,1-4H3,(H,26,30)/t22-/m1/s1. The summed E-state index contributed by atoms with van der Waals surface area (Å²) in [6.45, 7) is 4.29. The number of hydrogen-bond acceptors (Lipinski definition) is 4. The number of rotatable bonds is 11. The summed E-state index contributed by atoms with van der Waals surface area (Å²) in [5, 5.41) is 3.14. The number of anilines is 1.